The Morgan fingerprint density at radius 1 is 1.10 bits per heavy atom. The van der Waals surface area contributed by atoms with Crippen LogP contribution in [0.3, 0.4) is 0 Å². The van der Waals surface area contributed by atoms with Crippen LogP contribution in [0.2, 0.25) is 0 Å². The lowest BCUT2D eigenvalue weighted by atomic mass is 10.1. The normalized spacial score (nSPS) is 14.0. The van der Waals surface area contributed by atoms with Crippen molar-refractivity contribution in [2.75, 3.05) is 52.3 Å². The molecule has 1 saturated heterocycles. The minimum atomic E-state index is -3.64. The molecule has 0 spiro atoms. The largest absolute Gasteiger partial charge is 0.497 e. The SMILES string of the molecule is COc1cccc(OCCNC(=O)c2cc(S(=O)(=O)N(C)C)ccc2N2CCCC2)c1. The first kappa shape index (κ1) is 22.9. The highest BCUT2D eigenvalue weighted by Gasteiger charge is 2.24. The first-order chi connectivity index (χ1) is 14.8. The van der Waals surface area contributed by atoms with E-state index in [2.05, 4.69) is 10.2 Å². The zero-order valence-corrected chi connectivity index (χ0v) is 18.9. The van der Waals surface area contributed by atoms with E-state index in [1.54, 1.807) is 25.3 Å². The van der Waals surface area contributed by atoms with E-state index in [4.69, 9.17) is 9.47 Å². The van der Waals surface area contributed by atoms with Gasteiger partial charge in [-0.25, -0.2) is 12.7 Å². The number of rotatable bonds is 9. The molecular formula is C22H29N3O5S. The first-order valence-corrected chi connectivity index (χ1v) is 11.6. The summed E-state index contributed by atoms with van der Waals surface area (Å²) in [7, 11) is 0.886. The maximum atomic E-state index is 13.0. The summed E-state index contributed by atoms with van der Waals surface area (Å²) < 4.78 is 37.1. The third-order valence-corrected chi connectivity index (χ3v) is 6.95. The molecule has 1 N–H and O–H groups in total. The summed E-state index contributed by atoms with van der Waals surface area (Å²) in [5, 5.41) is 2.84. The predicted octanol–water partition coefficient (Wildman–Crippen LogP) is 2.35. The highest BCUT2D eigenvalue weighted by molar-refractivity contribution is 7.89. The number of ether oxygens (including phenoxy) is 2. The van der Waals surface area contributed by atoms with Gasteiger partial charge < -0.3 is 19.7 Å². The van der Waals surface area contributed by atoms with Crippen LogP contribution in [0.15, 0.2) is 47.4 Å². The maximum Gasteiger partial charge on any atom is 0.253 e. The number of hydrogen-bond acceptors (Lipinski definition) is 6. The molecule has 1 amide bonds. The molecule has 0 atom stereocenters. The molecule has 168 valence electrons. The van der Waals surface area contributed by atoms with Crippen LogP contribution < -0.4 is 19.7 Å². The Bertz CT molecular complexity index is 1020. The number of anilines is 1. The zero-order valence-electron chi connectivity index (χ0n) is 18.1. The summed E-state index contributed by atoms with van der Waals surface area (Å²) in [5.74, 6) is 1.01. The zero-order chi connectivity index (χ0) is 22.4. The summed E-state index contributed by atoms with van der Waals surface area (Å²) >= 11 is 0. The van der Waals surface area contributed by atoms with Crippen LogP contribution in [-0.4, -0.2) is 66.1 Å². The molecule has 31 heavy (non-hydrogen) atoms. The molecule has 2 aromatic carbocycles. The van der Waals surface area contributed by atoms with Crippen molar-refractivity contribution < 1.29 is 22.7 Å². The molecule has 8 nitrogen and oxygen atoms in total. The van der Waals surface area contributed by atoms with Crippen molar-refractivity contribution in [3.05, 3.63) is 48.0 Å². The fourth-order valence-corrected chi connectivity index (χ4v) is 4.35. The Morgan fingerprint density at radius 2 is 1.81 bits per heavy atom. The second kappa shape index (κ2) is 10.0. The van der Waals surface area contributed by atoms with Crippen molar-refractivity contribution in [2.24, 2.45) is 0 Å². The fraction of sp³-hybridized carbons (Fsp3) is 0.409. The van der Waals surface area contributed by atoms with Gasteiger partial charge in [0.2, 0.25) is 10.0 Å². The van der Waals surface area contributed by atoms with Gasteiger partial charge in [-0.2, -0.15) is 0 Å². The van der Waals surface area contributed by atoms with E-state index in [0.29, 0.717) is 17.1 Å². The summed E-state index contributed by atoms with van der Waals surface area (Å²) in [5.41, 5.74) is 1.10. The molecule has 1 aliphatic rings. The summed E-state index contributed by atoms with van der Waals surface area (Å²) in [6, 6.07) is 12.0. The lowest BCUT2D eigenvalue weighted by Crippen LogP contribution is -2.31. The molecule has 9 heteroatoms. The number of methoxy groups -OCH3 is 1. The van der Waals surface area contributed by atoms with Crippen molar-refractivity contribution in [2.45, 2.75) is 17.7 Å². The minimum Gasteiger partial charge on any atom is -0.497 e. The summed E-state index contributed by atoms with van der Waals surface area (Å²) in [6.07, 6.45) is 2.10. The smallest absolute Gasteiger partial charge is 0.253 e. The number of amides is 1. The summed E-state index contributed by atoms with van der Waals surface area (Å²) in [4.78, 5) is 15.2. The second-order valence-electron chi connectivity index (χ2n) is 7.44. The molecule has 0 unspecified atom stereocenters. The lowest BCUT2D eigenvalue weighted by molar-refractivity contribution is 0.0947. The Hall–Kier alpha value is -2.78. The van der Waals surface area contributed by atoms with Gasteiger partial charge in [-0.15, -0.1) is 0 Å². The Kier molecular flexibility index (Phi) is 7.40. The van der Waals surface area contributed by atoms with Crippen LogP contribution in [0.5, 0.6) is 11.5 Å². The van der Waals surface area contributed by atoms with Gasteiger partial charge in [0.25, 0.3) is 5.91 Å². The fourth-order valence-electron chi connectivity index (χ4n) is 3.42. The molecule has 1 fully saturated rings. The number of carbonyl (C=O) groups is 1. The average Bonchev–Trinajstić information content (AvgIpc) is 3.31. The number of hydrogen-bond donors (Lipinski definition) is 1. The Labute approximate surface area is 183 Å². The third kappa shape index (κ3) is 5.48. The van der Waals surface area contributed by atoms with E-state index in [1.807, 2.05) is 18.2 Å². The second-order valence-corrected chi connectivity index (χ2v) is 9.60. The van der Waals surface area contributed by atoms with Gasteiger partial charge in [0, 0.05) is 38.9 Å². The molecule has 0 radical (unpaired) electrons. The predicted molar refractivity (Wildman–Crippen MR) is 120 cm³/mol. The molecule has 0 saturated carbocycles. The number of nitrogens with one attached hydrogen (secondary N) is 1. The molecular weight excluding hydrogens is 418 g/mol. The van der Waals surface area contributed by atoms with Crippen molar-refractivity contribution in [1.29, 1.82) is 0 Å². The van der Waals surface area contributed by atoms with E-state index in [0.717, 1.165) is 35.9 Å². The van der Waals surface area contributed by atoms with Gasteiger partial charge in [0.05, 0.1) is 24.1 Å². The van der Waals surface area contributed by atoms with Gasteiger partial charge in [-0.1, -0.05) is 6.07 Å². The third-order valence-electron chi connectivity index (χ3n) is 5.14. The number of sulfonamides is 1. The van der Waals surface area contributed by atoms with Crippen LogP contribution in [0.4, 0.5) is 5.69 Å². The molecule has 0 aliphatic carbocycles. The van der Waals surface area contributed by atoms with Gasteiger partial charge in [-0.05, 0) is 43.2 Å². The van der Waals surface area contributed by atoms with E-state index in [-0.39, 0.29) is 24.0 Å². The van der Waals surface area contributed by atoms with Gasteiger partial charge >= 0.3 is 0 Å². The van der Waals surface area contributed by atoms with E-state index in [1.165, 1.54) is 20.2 Å². The highest BCUT2D eigenvalue weighted by atomic mass is 32.2. The standard InChI is InChI=1S/C22H29N3O5S/c1-24(2)31(27,28)19-9-10-21(25-12-4-5-13-25)20(16-19)22(26)23-11-14-30-18-8-6-7-17(15-18)29-3/h6-10,15-16H,4-5,11-14H2,1-3H3,(H,23,26). The number of nitrogens with zero attached hydrogens (tertiary/aromatic N) is 2. The average molecular weight is 448 g/mol. The quantitative estimate of drug-likeness (QED) is 0.594. The van der Waals surface area contributed by atoms with Gasteiger partial charge in [0.15, 0.2) is 0 Å². The first-order valence-electron chi connectivity index (χ1n) is 10.2. The molecule has 0 aromatic heterocycles. The minimum absolute atomic E-state index is 0.0956. The van der Waals surface area contributed by atoms with Crippen molar-refractivity contribution in [1.82, 2.24) is 9.62 Å². The van der Waals surface area contributed by atoms with Crippen LogP contribution in [0.1, 0.15) is 23.2 Å². The van der Waals surface area contributed by atoms with Crippen LogP contribution in [-0.2, 0) is 10.0 Å². The maximum absolute atomic E-state index is 13.0. The monoisotopic (exact) mass is 447 g/mol. The number of carbonyl (C=O) groups excluding carboxylic acids is 1. The van der Waals surface area contributed by atoms with Gasteiger partial charge in [-0.3, -0.25) is 4.79 Å². The van der Waals surface area contributed by atoms with Crippen molar-refractivity contribution in [3.63, 3.8) is 0 Å². The molecule has 3 rings (SSSR count). The van der Waals surface area contributed by atoms with Crippen LogP contribution >= 0.6 is 0 Å². The molecule has 1 aliphatic heterocycles. The van der Waals surface area contributed by atoms with E-state index < -0.39 is 10.0 Å². The topological polar surface area (TPSA) is 88.2 Å². The van der Waals surface area contributed by atoms with Gasteiger partial charge in [0.1, 0.15) is 18.1 Å². The summed E-state index contributed by atoms with van der Waals surface area (Å²) in [6.45, 7) is 2.24. The molecule has 2 aromatic rings. The van der Waals surface area contributed by atoms with Crippen LogP contribution in [0, 0.1) is 0 Å². The van der Waals surface area contributed by atoms with E-state index in [9.17, 15) is 13.2 Å². The molecule has 0 bridgehead atoms. The Morgan fingerprint density at radius 3 is 2.48 bits per heavy atom. The van der Waals surface area contributed by atoms with Crippen molar-refractivity contribution in [3.8, 4) is 11.5 Å². The van der Waals surface area contributed by atoms with E-state index >= 15 is 0 Å². The number of benzene rings is 2. The highest BCUT2D eigenvalue weighted by Crippen LogP contribution is 2.28. The van der Waals surface area contributed by atoms with Crippen LogP contribution in [0.25, 0.3) is 0 Å². The van der Waals surface area contributed by atoms with Crippen molar-refractivity contribution >= 4 is 21.6 Å². The lowest BCUT2D eigenvalue weighted by Gasteiger charge is -2.22. The molecule has 1 heterocycles. The Balaban J connectivity index is 1.72.